The monoisotopic (exact) mass is 269 g/mol. The smallest absolute Gasteiger partial charge is 0.303 e. The second kappa shape index (κ2) is 4.96. The number of carboxylic acids is 1. The molecule has 0 aliphatic carbocycles. The normalized spacial score (nSPS) is 10.5. The SMILES string of the molecule is O=C(O)CCC(=O)Nc1nc(Cl)c2[nH]cnc2n1. The number of hydrogen-bond donors (Lipinski definition) is 3. The number of aromatic amines is 1. The summed E-state index contributed by atoms with van der Waals surface area (Å²) >= 11 is 5.85. The zero-order valence-corrected chi connectivity index (χ0v) is 9.73. The maximum atomic E-state index is 11.4. The number of H-pyrrole nitrogens is 1. The molecule has 8 nitrogen and oxygen atoms in total. The molecular weight excluding hydrogens is 262 g/mol. The Hall–Kier alpha value is -2.22. The van der Waals surface area contributed by atoms with Gasteiger partial charge in [0.15, 0.2) is 10.8 Å². The van der Waals surface area contributed by atoms with E-state index in [2.05, 4.69) is 25.3 Å². The summed E-state index contributed by atoms with van der Waals surface area (Å²) in [5, 5.41) is 10.9. The van der Waals surface area contributed by atoms with Gasteiger partial charge in [-0.15, -0.1) is 0 Å². The summed E-state index contributed by atoms with van der Waals surface area (Å²) in [5.41, 5.74) is 0.795. The quantitative estimate of drug-likeness (QED) is 0.706. The van der Waals surface area contributed by atoms with Crippen LogP contribution in [0.1, 0.15) is 12.8 Å². The highest BCUT2D eigenvalue weighted by Crippen LogP contribution is 2.18. The molecule has 0 saturated carbocycles. The topological polar surface area (TPSA) is 121 Å². The van der Waals surface area contributed by atoms with Gasteiger partial charge in [-0.25, -0.2) is 4.98 Å². The summed E-state index contributed by atoms with van der Waals surface area (Å²) in [7, 11) is 0. The Balaban J connectivity index is 2.11. The summed E-state index contributed by atoms with van der Waals surface area (Å²) in [5.74, 6) is -1.55. The largest absolute Gasteiger partial charge is 0.481 e. The van der Waals surface area contributed by atoms with Crippen LogP contribution in [0.15, 0.2) is 6.33 Å². The third-order valence-electron chi connectivity index (χ3n) is 2.06. The minimum absolute atomic E-state index is 0.00464. The molecule has 2 heterocycles. The maximum absolute atomic E-state index is 11.4. The van der Waals surface area contributed by atoms with Crippen LogP contribution in [0.2, 0.25) is 5.15 Å². The predicted molar refractivity (Wildman–Crippen MR) is 62.2 cm³/mol. The fraction of sp³-hybridized carbons (Fsp3) is 0.222. The molecule has 2 rings (SSSR count). The summed E-state index contributed by atoms with van der Waals surface area (Å²) in [6, 6.07) is 0. The Bertz CT molecular complexity index is 611. The summed E-state index contributed by atoms with van der Waals surface area (Å²) in [6.07, 6.45) is 0.986. The van der Waals surface area contributed by atoms with Gasteiger partial charge in [0, 0.05) is 6.42 Å². The maximum Gasteiger partial charge on any atom is 0.303 e. The summed E-state index contributed by atoms with van der Waals surface area (Å²) < 4.78 is 0. The van der Waals surface area contributed by atoms with Crippen molar-refractivity contribution in [3.8, 4) is 0 Å². The molecule has 9 heteroatoms. The van der Waals surface area contributed by atoms with Crippen molar-refractivity contribution in [2.75, 3.05) is 5.32 Å². The fourth-order valence-electron chi connectivity index (χ4n) is 1.26. The van der Waals surface area contributed by atoms with Gasteiger partial charge in [0.1, 0.15) is 5.52 Å². The number of rotatable bonds is 4. The number of nitrogens with zero attached hydrogens (tertiary/aromatic N) is 3. The van der Waals surface area contributed by atoms with Gasteiger partial charge in [-0.05, 0) is 0 Å². The van der Waals surface area contributed by atoms with Crippen molar-refractivity contribution in [3.63, 3.8) is 0 Å². The zero-order chi connectivity index (χ0) is 13.1. The Morgan fingerprint density at radius 2 is 2.17 bits per heavy atom. The van der Waals surface area contributed by atoms with Gasteiger partial charge in [0.05, 0.1) is 12.7 Å². The van der Waals surface area contributed by atoms with Crippen molar-refractivity contribution in [2.45, 2.75) is 12.8 Å². The van der Waals surface area contributed by atoms with Gasteiger partial charge in [-0.1, -0.05) is 11.6 Å². The fourth-order valence-corrected chi connectivity index (χ4v) is 1.48. The lowest BCUT2D eigenvalue weighted by atomic mass is 10.3. The molecule has 0 radical (unpaired) electrons. The Labute approximate surface area is 105 Å². The minimum atomic E-state index is -1.05. The molecule has 0 unspecified atom stereocenters. The van der Waals surface area contributed by atoms with Crippen molar-refractivity contribution in [1.29, 1.82) is 0 Å². The molecule has 0 saturated heterocycles. The van der Waals surface area contributed by atoms with E-state index in [0.717, 1.165) is 0 Å². The lowest BCUT2D eigenvalue weighted by molar-refractivity contribution is -0.138. The van der Waals surface area contributed by atoms with Crippen LogP contribution in [0.3, 0.4) is 0 Å². The number of carboxylic acid groups (broad SMARTS) is 1. The Kier molecular flexibility index (Phi) is 3.38. The van der Waals surface area contributed by atoms with Gasteiger partial charge in [-0.2, -0.15) is 9.97 Å². The molecule has 0 bridgehead atoms. The third kappa shape index (κ3) is 2.72. The number of fused-ring (bicyclic) bond motifs is 1. The molecule has 0 spiro atoms. The van der Waals surface area contributed by atoms with Crippen molar-refractivity contribution < 1.29 is 14.7 Å². The first kappa shape index (κ1) is 12.2. The highest BCUT2D eigenvalue weighted by atomic mass is 35.5. The first-order chi connectivity index (χ1) is 8.56. The van der Waals surface area contributed by atoms with Crippen molar-refractivity contribution in [1.82, 2.24) is 19.9 Å². The van der Waals surface area contributed by atoms with Gasteiger partial charge < -0.3 is 10.1 Å². The number of halogens is 1. The Morgan fingerprint density at radius 1 is 1.39 bits per heavy atom. The Morgan fingerprint density at radius 3 is 2.89 bits per heavy atom. The van der Waals surface area contributed by atoms with Crippen LogP contribution < -0.4 is 5.32 Å². The number of nitrogens with one attached hydrogen (secondary N) is 2. The predicted octanol–water partition coefficient (Wildman–Crippen LogP) is 0.810. The lowest BCUT2D eigenvalue weighted by Gasteiger charge is -2.02. The van der Waals surface area contributed by atoms with Crippen LogP contribution in [-0.4, -0.2) is 36.9 Å². The van der Waals surface area contributed by atoms with E-state index in [9.17, 15) is 9.59 Å². The standard InChI is InChI=1S/C9H8ClN5O3/c10-7-6-8(12-3-11-6)15-9(14-7)13-4(16)1-2-5(17)18/h3H,1-2H2,(H,17,18)(H2,11,12,13,14,15,16). The molecule has 2 aromatic heterocycles. The van der Waals surface area contributed by atoms with Crippen molar-refractivity contribution >= 4 is 40.6 Å². The van der Waals surface area contributed by atoms with Crippen LogP contribution in [-0.2, 0) is 9.59 Å². The van der Waals surface area contributed by atoms with E-state index in [1.165, 1.54) is 6.33 Å². The minimum Gasteiger partial charge on any atom is -0.481 e. The van der Waals surface area contributed by atoms with Crippen molar-refractivity contribution in [2.24, 2.45) is 0 Å². The molecule has 18 heavy (non-hydrogen) atoms. The molecule has 1 amide bonds. The average Bonchev–Trinajstić information content (AvgIpc) is 2.75. The van der Waals surface area contributed by atoms with Gasteiger partial charge in [0.25, 0.3) is 0 Å². The van der Waals surface area contributed by atoms with Gasteiger partial charge in [0.2, 0.25) is 11.9 Å². The van der Waals surface area contributed by atoms with Gasteiger partial charge in [-0.3, -0.25) is 14.9 Å². The molecule has 0 atom stereocenters. The van der Waals surface area contributed by atoms with E-state index >= 15 is 0 Å². The summed E-state index contributed by atoms with van der Waals surface area (Å²) in [4.78, 5) is 36.1. The number of aliphatic carboxylic acids is 1. The van der Waals surface area contributed by atoms with Crippen LogP contribution in [0.5, 0.6) is 0 Å². The van der Waals surface area contributed by atoms with Crippen LogP contribution in [0, 0.1) is 0 Å². The zero-order valence-electron chi connectivity index (χ0n) is 8.97. The van der Waals surface area contributed by atoms with E-state index in [1.807, 2.05) is 0 Å². The number of anilines is 1. The van der Waals surface area contributed by atoms with E-state index in [0.29, 0.717) is 11.2 Å². The number of hydrogen-bond acceptors (Lipinski definition) is 5. The number of amides is 1. The van der Waals surface area contributed by atoms with Crippen LogP contribution in [0.25, 0.3) is 11.2 Å². The van der Waals surface area contributed by atoms with Crippen LogP contribution >= 0.6 is 11.6 Å². The molecule has 0 aromatic carbocycles. The van der Waals surface area contributed by atoms with Crippen molar-refractivity contribution in [3.05, 3.63) is 11.5 Å². The summed E-state index contributed by atoms with van der Waals surface area (Å²) in [6.45, 7) is 0. The molecular formula is C9H8ClN5O3. The molecule has 0 aliphatic rings. The second-order valence-corrected chi connectivity index (χ2v) is 3.74. The number of aromatic nitrogens is 4. The first-order valence-electron chi connectivity index (χ1n) is 4.94. The first-order valence-corrected chi connectivity index (χ1v) is 5.32. The van der Waals surface area contributed by atoms with Crippen LogP contribution in [0.4, 0.5) is 5.95 Å². The molecule has 2 aromatic rings. The second-order valence-electron chi connectivity index (χ2n) is 3.38. The third-order valence-corrected chi connectivity index (χ3v) is 2.33. The number of carbonyl (C=O) groups is 2. The highest BCUT2D eigenvalue weighted by molar-refractivity contribution is 6.33. The van der Waals surface area contributed by atoms with E-state index < -0.39 is 11.9 Å². The van der Waals surface area contributed by atoms with Gasteiger partial charge >= 0.3 is 5.97 Å². The molecule has 3 N–H and O–H groups in total. The van der Waals surface area contributed by atoms with E-state index in [4.69, 9.17) is 16.7 Å². The lowest BCUT2D eigenvalue weighted by Crippen LogP contribution is -2.15. The molecule has 94 valence electrons. The highest BCUT2D eigenvalue weighted by Gasteiger charge is 2.11. The molecule has 0 aliphatic heterocycles. The van der Waals surface area contributed by atoms with E-state index in [-0.39, 0.29) is 23.9 Å². The number of carbonyl (C=O) groups excluding carboxylic acids is 1. The molecule has 0 fully saturated rings. The number of imidazole rings is 1. The average molecular weight is 270 g/mol. The van der Waals surface area contributed by atoms with E-state index in [1.54, 1.807) is 0 Å².